The smallest absolute Gasteiger partial charge is 0.145 e. The van der Waals surface area contributed by atoms with Gasteiger partial charge < -0.3 is 19.0 Å². The fraction of sp³-hybridized carbons (Fsp3) is 0. The van der Waals surface area contributed by atoms with Crippen LogP contribution < -0.4 is 0 Å². The minimum atomic E-state index is 0.544. The zero-order valence-corrected chi connectivity index (χ0v) is 22.9. The number of nitriles is 1. The molecular weight excluding hydrogens is 528 g/mol. The molecule has 0 aliphatic rings. The van der Waals surface area contributed by atoms with E-state index in [1.807, 2.05) is 30.3 Å². The first-order valence-corrected chi connectivity index (χ1v) is 14.2. The molecule has 3 heterocycles. The maximum Gasteiger partial charge on any atom is 0.145 e. The summed E-state index contributed by atoms with van der Waals surface area (Å²) in [6, 6.07) is 43.7. The van der Waals surface area contributed by atoms with Crippen molar-refractivity contribution in [3.8, 4) is 17.4 Å². The fourth-order valence-electron chi connectivity index (χ4n) is 6.80. The predicted molar refractivity (Wildman–Crippen MR) is 175 cm³/mol. The molecule has 5 heteroatoms. The molecule has 0 radical (unpaired) electrons. The second-order valence-corrected chi connectivity index (χ2v) is 10.9. The summed E-state index contributed by atoms with van der Waals surface area (Å²) in [5.74, 6) is 0. The van der Waals surface area contributed by atoms with E-state index < -0.39 is 0 Å². The number of furan rings is 1. The molecule has 0 spiro atoms. The van der Waals surface area contributed by atoms with Gasteiger partial charge in [-0.2, -0.15) is 5.26 Å². The molecule has 0 atom stereocenters. The van der Waals surface area contributed by atoms with E-state index >= 15 is 0 Å². The quantitative estimate of drug-likeness (QED) is 0.223. The number of fused-ring (bicyclic) bond motifs is 10. The highest BCUT2D eigenvalue weighted by molar-refractivity contribution is 6.24. The number of aromatic nitrogens is 2. The summed E-state index contributed by atoms with van der Waals surface area (Å²) in [5, 5.41) is 24.5. The molecule has 0 saturated carbocycles. The number of nitrogens with zero attached hydrogens (tertiary/aromatic N) is 3. The first-order valence-electron chi connectivity index (χ1n) is 14.2. The molecule has 5 nitrogen and oxygen atoms in total. The highest BCUT2D eigenvalue weighted by atomic mass is 16.3. The van der Waals surface area contributed by atoms with Crippen LogP contribution in [0.5, 0.6) is 0 Å². The molecule has 0 unspecified atom stereocenters. The van der Waals surface area contributed by atoms with Crippen LogP contribution in [0.3, 0.4) is 0 Å². The number of rotatable bonds is 3. The van der Waals surface area contributed by atoms with Gasteiger partial charge in [-0.05, 0) is 60.7 Å². The number of hydrogen-bond donors (Lipinski definition) is 1. The van der Waals surface area contributed by atoms with Gasteiger partial charge in [-0.3, -0.25) is 0 Å². The largest absolute Gasteiger partial charge is 0.455 e. The van der Waals surface area contributed by atoms with Crippen LogP contribution in [0, 0.1) is 16.7 Å². The zero-order chi connectivity index (χ0) is 28.7. The minimum absolute atomic E-state index is 0.544. The first-order chi connectivity index (χ1) is 21.2. The highest BCUT2D eigenvalue weighted by Crippen LogP contribution is 2.42. The van der Waals surface area contributed by atoms with E-state index in [2.05, 4.69) is 100 Å². The van der Waals surface area contributed by atoms with Gasteiger partial charge in [-0.25, -0.2) is 0 Å². The van der Waals surface area contributed by atoms with Gasteiger partial charge >= 0.3 is 0 Å². The molecule has 200 valence electrons. The van der Waals surface area contributed by atoms with E-state index in [1.165, 1.54) is 17.0 Å². The molecule has 0 saturated heterocycles. The second-order valence-electron chi connectivity index (χ2n) is 10.9. The Hall–Kier alpha value is -6.12. The molecule has 0 aliphatic heterocycles. The molecule has 0 aliphatic carbocycles. The third-order valence-corrected chi connectivity index (χ3v) is 8.65. The first kappa shape index (κ1) is 23.6. The van der Waals surface area contributed by atoms with Crippen LogP contribution in [0.1, 0.15) is 11.1 Å². The van der Waals surface area contributed by atoms with E-state index in [0.717, 1.165) is 71.7 Å². The molecule has 0 bridgehead atoms. The number of para-hydroxylation sites is 3. The Morgan fingerprint density at radius 1 is 0.605 bits per heavy atom. The third-order valence-electron chi connectivity index (χ3n) is 8.65. The van der Waals surface area contributed by atoms with Crippen molar-refractivity contribution >= 4 is 71.8 Å². The van der Waals surface area contributed by atoms with Crippen molar-refractivity contribution in [2.75, 3.05) is 0 Å². The average Bonchev–Trinajstić information content (AvgIpc) is 3.71. The lowest BCUT2D eigenvalue weighted by Gasteiger charge is -2.12. The van der Waals surface area contributed by atoms with Gasteiger partial charge in [-0.1, -0.05) is 60.7 Å². The van der Waals surface area contributed by atoms with Gasteiger partial charge in [0.15, 0.2) is 0 Å². The molecular formula is C38H22N4O. The highest BCUT2D eigenvalue weighted by Gasteiger charge is 2.21. The fourth-order valence-corrected chi connectivity index (χ4v) is 6.80. The third kappa shape index (κ3) is 3.18. The van der Waals surface area contributed by atoms with Crippen molar-refractivity contribution in [1.82, 2.24) is 9.13 Å². The summed E-state index contributed by atoms with van der Waals surface area (Å²) in [6.45, 7) is 0. The molecule has 9 aromatic rings. The predicted octanol–water partition coefficient (Wildman–Crippen LogP) is 9.65. The van der Waals surface area contributed by atoms with Crippen LogP contribution >= 0.6 is 0 Å². The zero-order valence-electron chi connectivity index (χ0n) is 22.9. The van der Waals surface area contributed by atoms with Crippen LogP contribution in [0.15, 0.2) is 126 Å². The topological polar surface area (TPSA) is 70.6 Å². The Balaban J connectivity index is 1.47. The normalized spacial score (nSPS) is 11.8. The maximum atomic E-state index is 9.75. The van der Waals surface area contributed by atoms with Gasteiger partial charge in [0.25, 0.3) is 0 Å². The van der Waals surface area contributed by atoms with Gasteiger partial charge in [-0.15, -0.1) is 0 Å². The average molecular weight is 551 g/mol. The molecule has 1 N–H and O–H groups in total. The monoisotopic (exact) mass is 550 g/mol. The van der Waals surface area contributed by atoms with Crippen LogP contribution in [-0.2, 0) is 0 Å². The lowest BCUT2D eigenvalue weighted by atomic mass is 10.1. The SMILES string of the molecule is N#Cc1ccc(C=N)c(-n2c3ccc(-n4c5ccccc5c5ccccc54)cc3c3c4oc5ccccc5c4ccc32)c1. The molecule has 9 rings (SSSR count). The van der Waals surface area contributed by atoms with Crippen molar-refractivity contribution in [3.63, 3.8) is 0 Å². The Bertz CT molecular complexity index is 2610. The molecule has 0 fully saturated rings. The lowest BCUT2D eigenvalue weighted by Crippen LogP contribution is -2.00. The van der Waals surface area contributed by atoms with Gasteiger partial charge in [0.2, 0.25) is 0 Å². The summed E-state index contributed by atoms with van der Waals surface area (Å²) in [4.78, 5) is 0. The van der Waals surface area contributed by atoms with Gasteiger partial charge in [0.05, 0.1) is 44.8 Å². The van der Waals surface area contributed by atoms with Crippen LogP contribution in [0.4, 0.5) is 0 Å². The number of benzene rings is 6. The van der Waals surface area contributed by atoms with Crippen LogP contribution in [-0.4, -0.2) is 15.3 Å². The van der Waals surface area contributed by atoms with Crippen LogP contribution in [0.2, 0.25) is 0 Å². The van der Waals surface area contributed by atoms with Crippen molar-refractivity contribution in [3.05, 3.63) is 132 Å². The Morgan fingerprint density at radius 2 is 1.28 bits per heavy atom. The van der Waals surface area contributed by atoms with Crippen molar-refractivity contribution in [2.24, 2.45) is 0 Å². The number of hydrogen-bond acceptors (Lipinski definition) is 3. The Labute approximate surface area is 245 Å². The summed E-state index contributed by atoms with van der Waals surface area (Å²) in [7, 11) is 0. The Kier molecular flexibility index (Phi) is 4.76. The minimum Gasteiger partial charge on any atom is -0.455 e. The van der Waals surface area contributed by atoms with E-state index in [9.17, 15) is 5.26 Å². The second kappa shape index (κ2) is 8.69. The number of nitrogens with one attached hydrogen (secondary N) is 1. The van der Waals surface area contributed by atoms with E-state index in [1.54, 1.807) is 6.07 Å². The van der Waals surface area contributed by atoms with E-state index in [-0.39, 0.29) is 0 Å². The van der Waals surface area contributed by atoms with E-state index in [4.69, 9.17) is 9.83 Å². The van der Waals surface area contributed by atoms with Crippen molar-refractivity contribution in [1.29, 1.82) is 10.7 Å². The van der Waals surface area contributed by atoms with Crippen molar-refractivity contribution in [2.45, 2.75) is 0 Å². The molecule has 43 heavy (non-hydrogen) atoms. The maximum absolute atomic E-state index is 9.75. The standard InChI is InChI=1S/C38H22N4O/c39-21-23-13-14-24(22-40)35(19-23)42-33-17-15-25(41-31-10-4-1-7-26(31)27-8-2-5-11-32(27)41)20-30(33)37-34(42)18-16-29-28-9-3-6-12-36(28)43-38(29)37/h1-20,22,40H. The summed E-state index contributed by atoms with van der Waals surface area (Å²) in [6.07, 6.45) is 1.35. The molecule has 6 aromatic carbocycles. The van der Waals surface area contributed by atoms with Gasteiger partial charge in [0, 0.05) is 44.4 Å². The van der Waals surface area contributed by atoms with Gasteiger partial charge in [0.1, 0.15) is 11.2 Å². The summed E-state index contributed by atoms with van der Waals surface area (Å²) < 4.78 is 11.1. The molecule has 3 aromatic heterocycles. The summed E-state index contributed by atoms with van der Waals surface area (Å²) in [5.41, 5.74) is 9.01. The van der Waals surface area contributed by atoms with Crippen LogP contribution in [0.25, 0.3) is 76.9 Å². The van der Waals surface area contributed by atoms with E-state index in [0.29, 0.717) is 5.56 Å². The summed E-state index contributed by atoms with van der Waals surface area (Å²) >= 11 is 0. The lowest BCUT2D eigenvalue weighted by molar-refractivity contribution is 0.673. The Morgan fingerprint density at radius 3 is 2.02 bits per heavy atom. The molecule has 0 amide bonds. The van der Waals surface area contributed by atoms with Crippen molar-refractivity contribution < 1.29 is 4.42 Å².